The first kappa shape index (κ1) is 19.8. The summed E-state index contributed by atoms with van der Waals surface area (Å²) in [5.41, 5.74) is 2.85. The number of aromatic nitrogens is 1. The third-order valence-electron chi connectivity index (χ3n) is 4.11. The van der Waals surface area contributed by atoms with Crippen molar-refractivity contribution >= 4 is 33.4 Å². The summed E-state index contributed by atoms with van der Waals surface area (Å²) in [6, 6.07) is 13.7. The van der Waals surface area contributed by atoms with Crippen LogP contribution < -0.4 is 10.1 Å². The minimum absolute atomic E-state index is 0.231. The second kappa shape index (κ2) is 9.32. The molecule has 0 saturated heterocycles. The minimum Gasteiger partial charge on any atom is -0.481 e. The van der Waals surface area contributed by atoms with Gasteiger partial charge in [-0.2, -0.15) is 0 Å². The van der Waals surface area contributed by atoms with Crippen LogP contribution in [0.5, 0.6) is 5.75 Å². The molecule has 1 N–H and O–H groups in total. The Morgan fingerprint density at radius 1 is 1.04 bits per heavy atom. The number of nitrogens with one attached hydrogen (secondary N) is 1. The van der Waals surface area contributed by atoms with E-state index < -0.39 is 5.97 Å². The number of rotatable bonds is 8. The van der Waals surface area contributed by atoms with Crippen LogP contribution in [-0.4, -0.2) is 36.6 Å². The lowest BCUT2D eigenvalue weighted by Gasteiger charge is -2.11. The molecule has 0 aliphatic carbocycles. The molecule has 0 aliphatic heterocycles. The maximum atomic E-state index is 11.8. The summed E-state index contributed by atoms with van der Waals surface area (Å²) >= 11 is 1.61. The predicted molar refractivity (Wildman–Crippen MR) is 109 cm³/mol. The third-order valence-corrected chi connectivity index (χ3v) is 5.20. The van der Waals surface area contributed by atoms with Gasteiger partial charge in [0.15, 0.2) is 13.2 Å². The Labute approximate surface area is 167 Å². The number of esters is 1. The largest absolute Gasteiger partial charge is 0.481 e. The molecule has 0 atom stereocenters. The van der Waals surface area contributed by atoms with Gasteiger partial charge in [-0.15, -0.1) is 11.3 Å². The summed E-state index contributed by atoms with van der Waals surface area (Å²) in [7, 11) is 0. The quantitative estimate of drug-likeness (QED) is 0.590. The number of benzene rings is 2. The second-order valence-electron chi connectivity index (χ2n) is 6.35. The molecule has 1 heterocycles. The van der Waals surface area contributed by atoms with E-state index in [0.717, 1.165) is 26.4 Å². The Morgan fingerprint density at radius 2 is 1.79 bits per heavy atom. The van der Waals surface area contributed by atoms with Gasteiger partial charge in [0.2, 0.25) is 0 Å². The summed E-state index contributed by atoms with van der Waals surface area (Å²) < 4.78 is 11.6. The molecule has 1 aromatic heterocycles. The molecule has 3 rings (SSSR count). The van der Waals surface area contributed by atoms with Crippen LogP contribution in [0.3, 0.4) is 0 Å². The third kappa shape index (κ3) is 5.29. The maximum absolute atomic E-state index is 11.8. The van der Waals surface area contributed by atoms with Crippen LogP contribution in [-0.2, 0) is 20.7 Å². The van der Waals surface area contributed by atoms with E-state index in [1.165, 1.54) is 0 Å². The molecule has 1 amide bonds. The number of amides is 1. The molecule has 3 aromatic rings. The van der Waals surface area contributed by atoms with Crippen molar-refractivity contribution in [2.75, 3.05) is 19.8 Å². The fraction of sp³-hybridized carbons (Fsp3) is 0.286. The highest BCUT2D eigenvalue weighted by Crippen LogP contribution is 2.22. The molecule has 146 valence electrons. The highest BCUT2D eigenvalue weighted by atomic mass is 32.1. The van der Waals surface area contributed by atoms with Gasteiger partial charge in [-0.3, -0.25) is 4.79 Å². The predicted octanol–water partition coefficient (Wildman–Crippen LogP) is 3.19. The van der Waals surface area contributed by atoms with E-state index in [2.05, 4.69) is 10.3 Å². The Balaban J connectivity index is 1.36. The molecule has 0 radical (unpaired) electrons. The molecular formula is C21H22N2O4S. The molecule has 0 saturated carbocycles. The van der Waals surface area contributed by atoms with E-state index in [-0.39, 0.29) is 19.1 Å². The molecule has 0 spiro atoms. The number of nitrogens with zero attached hydrogens (tertiary/aromatic N) is 1. The summed E-state index contributed by atoms with van der Waals surface area (Å²) in [5, 5.41) is 3.69. The zero-order chi connectivity index (χ0) is 19.9. The SMILES string of the molecule is Cc1cccc(C)c1OCC(=O)OCC(=O)NCCc1nc2ccccc2s1. The molecule has 28 heavy (non-hydrogen) atoms. The van der Waals surface area contributed by atoms with Crippen molar-refractivity contribution in [3.8, 4) is 5.75 Å². The Kier molecular flexibility index (Phi) is 6.60. The molecule has 0 fully saturated rings. The standard InChI is InChI=1S/C21H22N2O4S/c1-14-6-5-7-15(2)21(14)27-13-20(25)26-12-18(24)22-11-10-19-23-16-8-3-4-9-17(16)28-19/h3-9H,10-13H2,1-2H3,(H,22,24). The van der Waals surface area contributed by atoms with Crippen molar-refractivity contribution in [3.63, 3.8) is 0 Å². The van der Waals surface area contributed by atoms with Crippen LogP contribution in [0.25, 0.3) is 10.2 Å². The summed E-state index contributed by atoms with van der Waals surface area (Å²) in [5.74, 6) is -0.259. The maximum Gasteiger partial charge on any atom is 0.344 e. The van der Waals surface area contributed by atoms with Gasteiger partial charge in [0.25, 0.3) is 5.91 Å². The number of fused-ring (bicyclic) bond motifs is 1. The van der Waals surface area contributed by atoms with Gasteiger partial charge >= 0.3 is 5.97 Å². The van der Waals surface area contributed by atoms with Gasteiger partial charge in [0, 0.05) is 13.0 Å². The van der Waals surface area contributed by atoms with Crippen LogP contribution >= 0.6 is 11.3 Å². The molecule has 6 nitrogen and oxygen atoms in total. The molecule has 0 bridgehead atoms. The number of carbonyl (C=O) groups excluding carboxylic acids is 2. The number of ether oxygens (including phenoxy) is 2. The van der Waals surface area contributed by atoms with Crippen molar-refractivity contribution in [1.82, 2.24) is 10.3 Å². The number of hydrogen-bond acceptors (Lipinski definition) is 6. The molecule has 0 aliphatic rings. The molecular weight excluding hydrogens is 376 g/mol. The number of carbonyl (C=O) groups is 2. The van der Waals surface area contributed by atoms with Gasteiger partial charge in [0.1, 0.15) is 5.75 Å². The van der Waals surface area contributed by atoms with Gasteiger partial charge < -0.3 is 14.8 Å². The zero-order valence-electron chi connectivity index (χ0n) is 15.9. The lowest BCUT2D eigenvalue weighted by Crippen LogP contribution is -2.31. The van der Waals surface area contributed by atoms with E-state index >= 15 is 0 Å². The Morgan fingerprint density at radius 3 is 2.54 bits per heavy atom. The Bertz CT molecular complexity index is 930. The highest BCUT2D eigenvalue weighted by Gasteiger charge is 2.11. The molecule has 7 heteroatoms. The van der Waals surface area contributed by atoms with E-state index in [4.69, 9.17) is 9.47 Å². The van der Waals surface area contributed by atoms with Crippen LogP contribution in [0.2, 0.25) is 0 Å². The fourth-order valence-electron chi connectivity index (χ4n) is 2.73. The minimum atomic E-state index is -0.580. The van der Waals surface area contributed by atoms with Crippen molar-refractivity contribution in [2.45, 2.75) is 20.3 Å². The van der Waals surface area contributed by atoms with Gasteiger partial charge in [-0.25, -0.2) is 9.78 Å². The summed E-state index contributed by atoms with van der Waals surface area (Å²) in [6.45, 7) is 3.70. The summed E-state index contributed by atoms with van der Waals surface area (Å²) in [6.07, 6.45) is 0.634. The van der Waals surface area contributed by atoms with Crippen LogP contribution in [0, 0.1) is 13.8 Å². The number of aryl methyl sites for hydroxylation is 2. The number of hydrogen-bond donors (Lipinski definition) is 1. The van der Waals surface area contributed by atoms with Gasteiger partial charge in [-0.1, -0.05) is 30.3 Å². The van der Waals surface area contributed by atoms with Crippen LogP contribution in [0.15, 0.2) is 42.5 Å². The van der Waals surface area contributed by atoms with E-state index in [1.54, 1.807) is 11.3 Å². The summed E-state index contributed by atoms with van der Waals surface area (Å²) in [4.78, 5) is 28.2. The normalized spacial score (nSPS) is 10.6. The smallest absolute Gasteiger partial charge is 0.344 e. The highest BCUT2D eigenvalue weighted by molar-refractivity contribution is 7.18. The number of para-hydroxylation sites is 2. The van der Waals surface area contributed by atoms with Gasteiger partial charge in [0.05, 0.1) is 15.2 Å². The molecule has 0 unspecified atom stereocenters. The first-order valence-electron chi connectivity index (χ1n) is 8.98. The monoisotopic (exact) mass is 398 g/mol. The lowest BCUT2D eigenvalue weighted by atomic mass is 10.1. The van der Waals surface area contributed by atoms with Crippen LogP contribution in [0.1, 0.15) is 16.1 Å². The van der Waals surface area contributed by atoms with Crippen molar-refractivity contribution < 1.29 is 19.1 Å². The first-order chi connectivity index (χ1) is 13.5. The van der Waals surface area contributed by atoms with E-state index in [9.17, 15) is 9.59 Å². The van der Waals surface area contributed by atoms with Gasteiger partial charge in [-0.05, 0) is 37.1 Å². The first-order valence-corrected chi connectivity index (χ1v) is 9.80. The Hall–Kier alpha value is -2.93. The number of thiazole rings is 1. The van der Waals surface area contributed by atoms with Crippen molar-refractivity contribution in [2.24, 2.45) is 0 Å². The second-order valence-corrected chi connectivity index (χ2v) is 7.46. The fourth-order valence-corrected chi connectivity index (χ4v) is 3.70. The van der Waals surface area contributed by atoms with E-state index in [1.807, 2.05) is 56.3 Å². The average Bonchev–Trinajstić information content (AvgIpc) is 3.09. The van der Waals surface area contributed by atoms with E-state index in [0.29, 0.717) is 18.7 Å². The average molecular weight is 398 g/mol. The lowest BCUT2D eigenvalue weighted by molar-refractivity contribution is -0.150. The van der Waals surface area contributed by atoms with Crippen molar-refractivity contribution in [1.29, 1.82) is 0 Å². The topological polar surface area (TPSA) is 77.5 Å². The zero-order valence-corrected chi connectivity index (χ0v) is 16.7. The van der Waals surface area contributed by atoms with Crippen molar-refractivity contribution in [3.05, 3.63) is 58.6 Å². The van der Waals surface area contributed by atoms with Crippen LogP contribution in [0.4, 0.5) is 0 Å². The molecule has 2 aromatic carbocycles.